The lowest BCUT2D eigenvalue weighted by Gasteiger charge is -2.28. The largest absolute Gasteiger partial charge is 0.480 e. The zero-order valence-electron chi connectivity index (χ0n) is 20.6. The third-order valence-corrected chi connectivity index (χ3v) is 7.47. The van der Waals surface area contributed by atoms with Gasteiger partial charge in [0, 0.05) is 17.8 Å². The predicted molar refractivity (Wildman–Crippen MR) is 143 cm³/mol. The van der Waals surface area contributed by atoms with Crippen molar-refractivity contribution in [2.24, 2.45) is 0 Å². The van der Waals surface area contributed by atoms with Gasteiger partial charge in [-0.1, -0.05) is 54.1 Å². The Bertz CT molecular complexity index is 1420. The predicted octanol–water partition coefficient (Wildman–Crippen LogP) is 4.22. The van der Waals surface area contributed by atoms with E-state index in [1.165, 1.54) is 62.5 Å². The van der Waals surface area contributed by atoms with E-state index in [4.69, 9.17) is 16.3 Å². The number of rotatable bonds is 10. The molecule has 2 N–H and O–H groups in total. The smallest absolute Gasteiger partial charge is 0.410 e. The molecular weight excluding hydrogens is 534 g/mol. The van der Waals surface area contributed by atoms with Gasteiger partial charge >= 0.3 is 12.1 Å². The molecule has 3 aromatic rings. The highest BCUT2D eigenvalue weighted by molar-refractivity contribution is 7.93. The Hall–Kier alpha value is -4.09. The Morgan fingerprint density at radius 2 is 1.68 bits per heavy atom. The van der Waals surface area contributed by atoms with Crippen LogP contribution in [0.4, 0.5) is 16.2 Å². The zero-order chi connectivity index (χ0) is 27.9. The van der Waals surface area contributed by atoms with Crippen LogP contribution in [-0.4, -0.2) is 56.0 Å². The summed E-state index contributed by atoms with van der Waals surface area (Å²) in [5, 5.41) is 12.3. The Balaban J connectivity index is 1.73. The number of hydrogen-bond acceptors (Lipinski definition) is 6. The van der Waals surface area contributed by atoms with Crippen molar-refractivity contribution >= 4 is 51.0 Å². The van der Waals surface area contributed by atoms with Gasteiger partial charge in [0.15, 0.2) is 0 Å². The molecule has 0 aliphatic rings. The SMILES string of the molecule is CC(C(=O)O)N(c1cccc(Cl)c1)S(=O)(=O)c1cccc(NC(=O)CN(C)C(=O)OCc2ccccc2)c1. The summed E-state index contributed by atoms with van der Waals surface area (Å²) in [5.41, 5.74) is 0.995. The number of aliphatic carboxylic acids is 1. The number of amides is 2. The molecule has 0 spiro atoms. The molecule has 12 heteroatoms. The number of halogens is 1. The summed E-state index contributed by atoms with van der Waals surface area (Å²) in [6, 6.07) is 18.8. The van der Waals surface area contributed by atoms with Crippen LogP contribution in [0.3, 0.4) is 0 Å². The van der Waals surface area contributed by atoms with E-state index in [0.29, 0.717) is 0 Å². The maximum absolute atomic E-state index is 13.5. The topological polar surface area (TPSA) is 133 Å². The average molecular weight is 560 g/mol. The van der Waals surface area contributed by atoms with Crippen LogP contribution >= 0.6 is 11.6 Å². The van der Waals surface area contributed by atoms with Gasteiger partial charge < -0.3 is 20.1 Å². The van der Waals surface area contributed by atoms with E-state index >= 15 is 0 Å². The van der Waals surface area contributed by atoms with Gasteiger partial charge in [-0.05, 0) is 48.9 Å². The maximum Gasteiger partial charge on any atom is 0.410 e. The molecule has 3 aromatic carbocycles. The first-order chi connectivity index (χ1) is 18.0. The van der Waals surface area contributed by atoms with Crippen LogP contribution in [0.1, 0.15) is 12.5 Å². The van der Waals surface area contributed by atoms with Crippen molar-refractivity contribution in [3.8, 4) is 0 Å². The summed E-state index contributed by atoms with van der Waals surface area (Å²) in [5.74, 6) is -1.95. The van der Waals surface area contributed by atoms with Gasteiger partial charge in [-0.3, -0.25) is 9.10 Å². The lowest BCUT2D eigenvalue weighted by Crippen LogP contribution is -2.43. The second-order valence-electron chi connectivity index (χ2n) is 8.27. The van der Waals surface area contributed by atoms with Crippen LogP contribution in [-0.2, 0) is 31.0 Å². The number of anilines is 2. The highest BCUT2D eigenvalue weighted by Gasteiger charge is 2.33. The molecule has 2 amide bonds. The van der Waals surface area contributed by atoms with Crippen molar-refractivity contribution < 1.29 is 32.6 Å². The van der Waals surface area contributed by atoms with E-state index in [1.54, 1.807) is 12.1 Å². The summed E-state index contributed by atoms with van der Waals surface area (Å²) in [7, 11) is -2.99. The summed E-state index contributed by atoms with van der Waals surface area (Å²) in [4.78, 5) is 37.3. The third kappa shape index (κ3) is 7.24. The van der Waals surface area contributed by atoms with Crippen molar-refractivity contribution in [1.82, 2.24) is 4.90 Å². The minimum atomic E-state index is -4.39. The fraction of sp³-hybridized carbons (Fsp3) is 0.192. The van der Waals surface area contributed by atoms with Gasteiger partial charge in [-0.25, -0.2) is 18.0 Å². The Kier molecular flexibility index (Phi) is 9.32. The molecule has 0 bridgehead atoms. The van der Waals surface area contributed by atoms with Gasteiger partial charge in [0.05, 0.1) is 10.6 Å². The number of likely N-dealkylation sites (N-methyl/N-ethyl adjacent to an activating group) is 1. The van der Waals surface area contributed by atoms with Gasteiger partial charge in [-0.15, -0.1) is 0 Å². The normalized spacial score (nSPS) is 11.8. The molecule has 0 radical (unpaired) electrons. The van der Waals surface area contributed by atoms with Crippen LogP contribution in [0.15, 0.2) is 83.8 Å². The Labute approximate surface area is 225 Å². The van der Waals surface area contributed by atoms with E-state index in [1.807, 2.05) is 18.2 Å². The number of nitrogens with one attached hydrogen (secondary N) is 1. The standard InChI is InChI=1S/C26H26ClN3O7S/c1-18(25(32)33)30(22-12-6-10-20(27)14-22)38(35,36)23-13-7-11-21(15-23)28-24(31)16-29(2)26(34)37-17-19-8-4-3-5-9-19/h3-15,18H,16-17H2,1-2H3,(H,28,31)(H,32,33). The second-order valence-corrected chi connectivity index (χ2v) is 10.5. The zero-order valence-corrected chi connectivity index (χ0v) is 22.1. The molecule has 0 heterocycles. The van der Waals surface area contributed by atoms with Gasteiger partial charge in [-0.2, -0.15) is 0 Å². The van der Waals surface area contributed by atoms with Gasteiger partial charge in [0.25, 0.3) is 10.0 Å². The van der Waals surface area contributed by atoms with E-state index in [0.717, 1.165) is 14.8 Å². The van der Waals surface area contributed by atoms with Crippen LogP contribution in [0.2, 0.25) is 5.02 Å². The fourth-order valence-electron chi connectivity index (χ4n) is 3.44. The molecule has 0 saturated heterocycles. The highest BCUT2D eigenvalue weighted by Crippen LogP contribution is 2.29. The number of hydrogen-bond donors (Lipinski definition) is 2. The Morgan fingerprint density at radius 1 is 1.00 bits per heavy atom. The number of ether oxygens (including phenoxy) is 1. The average Bonchev–Trinajstić information content (AvgIpc) is 2.87. The van der Waals surface area contributed by atoms with Crippen molar-refractivity contribution in [3.63, 3.8) is 0 Å². The number of carboxylic acids is 1. The second kappa shape index (κ2) is 12.4. The molecule has 0 aliphatic heterocycles. The summed E-state index contributed by atoms with van der Waals surface area (Å²) in [6.07, 6.45) is -0.708. The molecule has 200 valence electrons. The monoisotopic (exact) mass is 559 g/mol. The maximum atomic E-state index is 13.5. The quantitative estimate of drug-likeness (QED) is 0.380. The number of carbonyl (C=O) groups is 3. The van der Waals surface area contributed by atoms with Crippen LogP contribution in [0, 0.1) is 0 Å². The highest BCUT2D eigenvalue weighted by atomic mass is 35.5. The number of nitrogens with zero attached hydrogens (tertiary/aromatic N) is 2. The van der Waals surface area contributed by atoms with Gasteiger partial charge in [0.1, 0.15) is 19.2 Å². The van der Waals surface area contributed by atoms with E-state index in [9.17, 15) is 27.9 Å². The fourth-order valence-corrected chi connectivity index (χ4v) is 5.28. The molecule has 0 aromatic heterocycles. The third-order valence-electron chi connectivity index (χ3n) is 5.34. The van der Waals surface area contributed by atoms with E-state index in [-0.39, 0.29) is 34.4 Å². The van der Waals surface area contributed by atoms with Crippen molar-refractivity contribution in [2.75, 3.05) is 23.2 Å². The van der Waals surface area contributed by atoms with Gasteiger partial charge in [0.2, 0.25) is 5.91 Å². The molecule has 38 heavy (non-hydrogen) atoms. The minimum absolute atomic E-state index is 0.0451. The number of carbonyl (C=O) groups excluding carboxylic acids is 2. The first-order valence-corrected chi connectivity index (χ1v) is 13.2. The molecule has 1 atom stereocenters. The summed E-state index contributed by atoms with van der Waals surface area (Å²) >= 11 is 6.01. The Morgan fingerprint density at radius 3 is 2.34 bits per heavy atom. The van der Waals surface area contributed by atoms with E-state index in [2.05, 4.69) is 5.32 Å². The van der Waals surface area contributed by atoms with Crippen LogP contribution < -0.4 is 9.62 Å². The summed E-state index contributed by atoms with van der Waals surface area (Å²) in [6.45, 7) is 0.928. The molecule has 0 fully saturated rings. The molecule has 1 unspecified atom stereocenters. The van der Waals surface area contributed by atoms with Crippen molar-refractivity contribution in [2.45, 2.75) is 24.5 Å². The van der Waals surface area contributed by atoms with Crippen LogP contribution in [0.25, 0.3) is 0 Å². The number of carboxylic acid groups (broad SMARTS) is 1. The lowest BCUT2D eigenvalue weighted by atomic mass is 10.2. The number of sulfonamides is 1. The van der Waals surface area contributed by atoms with E-state index < -0.39 is 34.0 Å². The minimum Gasteiger partial charge on any atom is -0.480 e. The molecule has 0 saturated carbocycles. The number of benzene rings is 3. The van der Waals surface area contributed by atoms with Crippen molar-refractivity contribution in [3.05, 3.63) is 89.4 Å². The lowest BCUT2D eigenvalue weighted by molar-refractivity contribution is -0.137. The molecule has 10 nitrogen and oxygen atoms in total. The first kappa shape index (κ1) is 28.5. The summed E-state index contributed by atoms with van der Waals surface area (Å²) < 4.78 is 33.0. The molecular formula is C26H26ClN3O7S. The first-order valence-electron chi connectivity index (χ1n) is 11.3. The molecule has 0 aliphatic carbocycles. The molecule has 3 rings (SSSR count). The van der Waals surface area contributed by atoms with Crippen LogP contribution in [0.5, 0.6) is 0 Å². The van der Waals surface area contributed by atoms with Crippen molar-refractivity contribution in [1.29, 1.82) is 0 Å².